The number of hydrogen-bond donors (Lipinski definition) is 1. The highest BCUT2D eigenvalue weighted by molar-refractivity contribution is 5.80. The molecule has 1 atom stereocenters. The van der Waals surface area contributed by atoms with Crippen LogP contribution in [-0.4, -0.2) is 17.2 Å². The molecule has 0 radical (unpaired) electrons. The summed E-state index contributed by atoms with van der Waals surface area (Å²) in [5.74, 6) is -0.786. The van der Waals surface area contributed by atoms with Crippen molar-refractivity contribution in [3.63, 3.8) is 0 Å². The van der Waals surface area contributed by atoms with Crippen LogP contribution < -0.4 is 0 Å². The Labute approximate surface area is 94.2 Å². The fourth-order valence-electron chi connectivity index (χ4n) is 2.50. The zero-order valence-electron chi connectivity index (χ0n) is 9.03. The summed E-state index contributed by atoms with van der Waals surface area (Å²) in [5.41, 5.74) is -0.0563. The average molecular weight is 222 g/mol. The van der Waals surface area contributed by atoms with Crippen LogP contribution in [0.4, 0.5) is 4.39 Å². The minimum atomic E-state index is -1.11. The zero-order valence-corrected chi connectivity index (χ0v) is 9.03. The fourth-order valence-corrected chi connectivity index (χ4v) is 2.50. The molecule has 0 aromatic rings. The van der Waals surface area contributed by atoms with Crippen molar-refractivity contribution in [2.75, 3.05) is 0 Å². The second kappa shape index (κ2) is 4.24. The number of hydrogen-bond acceptors (Lipinski definition) is 1. The molecular formula is C13H15FO2. The second-order valence-corrected chi connectivity index (χ2v) is 4.40. The predicted octanol–water partition coefficient (Wildman–Crippen LogP) is 3.02. The SMILES string of the molecule is O=C(O)C1(C2=CC=CC(F)C=C2)CCCC1. The number of alkyl halides is 1. The molecule has 0 saturated heterocycles. The number of halogens is 1. The van der Waals surface area contributed by atoms with Crippen molar-refractivity contribution in [2.24, 2.45) is 5.41 Å². The van der Waals surface area contributed by atoms with Gasteiger partial charge in [0, 0.05) is 0 Å². The molecule has 86 valence electrons. The van der Waals surface area contributed by atoms with E-state index in [4.69, 9.17) is 0 Å². The summed E-state index contributed by atoms with van der Waals surface area (Å²) in [4.78, 5) is 11.4. The molecule has 2 aliphatic rings. The standard InChI is InChI=1S/C13H15FO2/c14-11-5-3-4-10(6-7-11)13(12(15)16)8-1-2-9-13/h3-7,11H,1-2,8-9H2,(H,15,16). The van der Waals surface area contributed by atoms with Crippen LogP contribution in [0.3, 0.4) is 0 Å². The van der Waals surface area contributed by atoms with Gasteiger partial charge in [-0.05, 0) is 30.6 Å². The van der Waals surface area contributed by atoms with E-state index in [1.807, 2.05) is 0 Å². The molecule has 2 aliphatic carbocycles. The quantitative estimate of drug-likeness (QED) is 0.779. The molecule has 0 aromatic heterocycles. The summed E-state index contributed by atoms with van der Waals surface area (Å²) >= 11 is 0. The molecule has 2 rings (SSSR count). The molecule has 1 fully saturated rings. The first-order valence-corrected chi connectivity index (χ1v) is 5.60. The number of carboxylic acid groups (broad SMARTS) is 1. The minimum Gasteiger partial charge on any atom is -0.481 e. The lowest BCUT2D eigenvalue weighted by Crippen LogP contribution is -2.29. The van der Waals surface area contributed by atoms with Gasteiger partial charge in [0.1, 0.15) is 6.17 Å². The molecule has 0 bridgehead atoms. The number of aliphatic carboxylic acids is 1. The second-order valence-electron chi connectivity index (χ2n) is 4.40. The monoisotopic (exact) mass is 222 g/mol. The molecule has 0 amide bonds. The largest absolute Gasteiger partial charge is 0.481 e. The van der Waals surface area contributed by atoms with Crippen molar-refractivity contribution in [2.45, 2.75) is 31.9 Å². The Morgan fingerprint density at radius 2 is 2.06 bits per heavy atom. The molecule has 0 aromatic carbocycles. The molecule has 2 nitrogen and oxygen atoms in total. The molecule has 3 heteroatoms. The van der Waals surface area contributed by atoms with Crippen molar-refractivity contribution in [1.82, 2.24) is 0 Å². The van der Waals surface area contributed by atoms with Gasteiger partial charge in [-0.2, -0.15) is 0 Å². The first-order chi connectivity index (χ1) is 7.65. The Morgan fingerprint density at radius 1 is 1.38 bits per heavy atom. The molecule has 0 aliphatic heterocycles. The Morgan fingerprint density at radius 3 is 2.69 bits per heavy atom. The van der Waals surface area contributed by atoms with Crippen molar-refractivity contribution >= 4 is 5.97 Å². The maximum atomic E-state index is 13.1. The molecule has 1 unspecified atom stereocenters. The smallest absolute Gasteiger partial charge is 0.314 e. The van der Waals surface area contributed by atoms with E-state index in [9.17, 15) is 14.3 Å². The van der Waals surface area contributed by atoms with Gasteiger partial charge in [0.05, 0.1) is 5.41 Å². The lowest BCUT2D eigenvalue weighted by Gasteiger charge is -2.25. The fraction of sp³-hybridized carbons (Fsp3) is 0.462. The molecule has 0 heterocycles. The number of carboxylic acids is 1. The van der Waals surface area contributed by atoms with Crippen LogP contribution in [0.15, 0.2) is 36.0 Å². The van der Waals surface area contributed by atoms with E-state index in [2.05, 4.69) is 0 Å². The third-order valence-corrected chi connectivity index (χ3v) is 3.45. The van der Waals surface area contributed by atoms with Crippen molar-refractivity contribution in [3.8, 4) is 0 Å². The predicted molar refractivity (Wildman–Crippen MR) is 59.8 cm³/mol. The Hall–Kier alpha value is -1.38. The van der Waals surface area contributed by atoms with Gasteiger partial charge in [0.2, 0.25) is 0 Å². The van der Waals surface area contributed by atoms with Crippen LogP contribution >= 0.6 is 0 Å². The van der Waals surface area contributed by atoms with Gasteiger partial charge >= 0.3 is 5.97 Å². The van der Waals surface area contributed by atoms with Gasteiger partial charge in [0.15, 0.2) is 0 Å². The number of allylic oxidation sites excluding steroid dienone is 5. The van der Waals surface area contributed by atoms with E-state index in [0.717, 1.165) is 18.4 Å². The lowest BCUT2D eigenvalue weighted by atomic mass is 9.78. The topological polar surface area (TPSA) is 37.3 Å². The number of carbonyl (C=O) groups is 1. The molecular weight excluding hydrogens is 207 g/mol. The van der Waals surface area contributed by atoms with Crippen LogP contribution in [0.1, 0.15) is 25.7 Å². The van der Waals surface area contributed by atoms with Crippen LogP contribution in [0.5, 0.6) is 0 Å². The van der Waals surface area contributed by atoms with Crippen molar-refractivity contribution < 1.29 is 14.3 Å². The maximum absolute atomic E-state index is 13.1. The molecule has 0 spiro atoms. The van der Waals surface area contributed by atoms with E-state index in [1.165, 1.54) is 12.2 Å². The summed E-state index contributed by atoms with van der Waals surface area (Å²) in [6, 6.07) is 0. The first-order valence-electron chi connectivity index (χ1n) is 5.60. The molecule has 1 saturated carbocycles. The zero-order chi connectivity index (χ0) is 11.6. The van der Waals surface area contributed by atoms with Gasteiger partial charge in [-0.25, -0.2) is 4.39 Å². The lowest BCUT2D eigenvalue weighted by molar-refractivity contribution is -0.146. The van der Waals surface area contributed by atoms with Gasteiger partial charge < -0.3 is 5.11 Å². The van der Waals surface area contributed by atoms with Crippen LogP contribution in [0.25, 0.3) is 0 Å². The summed E-state index contributed by atoms with van der Waals surface area (Å²) in [5, 5.41) is 9.38. The Kier molecular flexibility index (Phi) is 2.95. The van der Waals surface area contributed by atoms with Gasteiger partial charge in [-0.15, -0.1) is 0 Å². The van der Waals surface area contributed by atoms with E-state index in [-0.39, 0.29) is 0 Å². The highest BCUT2D eigenvalue weighted by Gasteiger charge is 2.43. The summed E-state index contributed by atoms with van der Waals surface area (Å²) in [6.45, 7) is 0. The van der Waals surface area contributed by atoms with E-state index in [0.29, 0.717) is 12.8 Å². The Bertz CT molecular complexity index is 373. The van der Waals surface area contributed by atoms with Gasteiger partial charge in [-0.3, -0.25) is 4.79 Å². The normalized spacial score (nSPS) is 27.6. The van der Waals surface area contributed by atoms with Crippen LogP contribution in [0, 0.1) is 5.41 Å². The Balaban J connectivity index is 2.35. The highest BCUT2D eigenvalue weighted by atomic mass is 19.1. The summed E-state index contributed by atoms with van der Waals surface area (Å²) in [7, 11) is 0. The molecule has 16 heavy (non-hydrogen) atoms. The third kappa shape index (κ3) is 1.82. The van der Waals surface area contributed by atoms with Gasteiger partial charge in [0.25, 0.3) is 0 Å². The van der Waals surface area contributed by atoms with Crippen molar-refractivity contribution in [1.29, 1.82) is 0 Å². The summed E-state index contributed by atoms with van der Waals surface area (Å²) in [6.07, 6.45) is 9.88. The van der Waals surface area contributed by atoms with Crippen molar-refractivity contribution in [3.05, 3.63) is 36.0 Å². The van der Waals surface area contributed by atoms with E-state index < -0.39 is 17.6 Å². The maximum Gasteiger partial charge on any atom is 0.314 e. The van der Waals surface area contributed by atoms with E-state index in [1.54, 1.807) is 18.2 Å². The van der Waals surface area contributed by atoms with Crippen LogP contribution in [0.2, 0.25) is 0 Å². The van der Waals surface area contributed by atoms with Crippen LogP contribution in [-0.2, 0) is 4.79 Å². The summed E-state index contributed by atoms with van der Waals surface area (Å²) < 4.78 is 13.1. The number of rotatable bonds is 2. The molecule has 1 N–H and O–H groups in total. The first kappa shape index (κ1) is 11.1. The van der Waals surface area contributed by atoms with E-state index >= 15 is 0 Å². The minimum absolute atomic E-state index is 0.656. The third-order valence-electron chi connectivity index (χ3n) is 3.45. The highest BCUT2D eigenvalue weighted by Crippen LogP contribution is 2.45. The average Bonchev–Trinajstić information content (AvgIpc) is 2.64. The van der Waals surface area contributed by atoms with Gasteiger partial charge in [-0.1, -0.05) is 31.1 Å².